The Kier molecular flexibility index (Phi) is 7.69. The van der Waals surface area contributed by atoms with Crippen molar-refractivity contribution in [1.29, 1.82) is 0 Å². The van der Waals surface area contributed by atoms with Gasteiger partial charge in [-0.3, -0.25) is 9.59 Å². The summed E-state index contributed by atoms with van der Waals surface area (Å²) in [5.74, 6) is -0.988. The van der Waals surface area contributed by atoms with Crippen LogP contribution in [-0.4, -0.2) is 33.8 Å². The molecular formula is C20H19ClF3N7O2S. The van der Waals surface area contributed by atoms with Crippen molar-refractivity contribution in [3.63, 3.8) is 0 Å². The molecule has 0 aliphatic rings. The topological polar surface area (TPSA) is 135 Å². The average molecular weight is 514 g/mol. The lowest BCUT2D eigenvalue weighted by atomic mass is 10.2. The van der Waals surface area contributed by atoms with Gasteiger partial charge in [0.15, 0.2) is 0 Å². The lowest BCUT2D eigenvalue weighted by Crippen LogP contribution is -2.29. The molecule has 180 valence electrons. The van der Waals surface area contributed by atoms with Gasteiger partial charge in [-0.25, -0.2) is 15.0 Å². The summed E-state index contributed by atoms with van der Waals surface area (Å²) in [7, 11) is 1.69. The Balaban J connectivity index is 1.71. The van der Waals surface area contributed by atoms with Crippen molar-refractivity contribution in [2.24, 2.45) is 0 Å². The highest BCUT2D eigenvalue weighted by Crippen LogP contribution is 2.36. The van der Waals surface area contributed by atoms with Crippen LogP contribution in [-0.2, 0) is 12.7 Å². The number of nitrogens with zero attached hydrogens (tertiary/aromatic N) is 3. The van der Waals surface area contributed by atoms with E-state index < -0.39 is 34.6 Å². The average Bonchev–Trinajstić information content (AvgIpc) is 3.26. The lowest BCUT2D eigenvalue weighted by Gasteiger charge is -2.14. The highest BCUT2D eigenvalue weighted by atomic mass is 35.5. The normalized spacial score (nSPS) is 12.3. The minimum absolute atomic E-state index is 0.0727. The summed E-state index contributed by atoms with van der Waals surface area (Å²) in [5, 5.41) is 7.95. The van der Waals surface area contributed by atoms with E-state index in [1.54, 1.807) is 14.0 Å². The summed E-state index contributed by atoms with van der Waals surface area (Å²) in [6.07, 6.45) is -2.21. The maximum atomic E-state index is 13.0. The fraction of sp³-hybridized carbons (Fsp3) is 0.250. The van der Waals surface area contributed by atoms with E-state index in [2.05, 4.69) is 30.9 Å². The summed E-state index contributed by atoms with van der Waals surface area (Å²) in [6, 6.07) is 2.47. The Labute approximate surface area is 201 Å². The first-order valence-corrected chi connectivity index (χ1v) is 10.9. The summed E-state index contributed by atoms with van der Waals surface area (Å²) < 4.78 is 39.1. The quantitative estimate of drug-likeness (QED) is 0.378. The van der Waals surface area contributed by atoms with Crippen LogP contribution in [0.5, 0.6) is 0 Å². The third-order valence-electron chi connectivity index (χ3n) is 4.54. The number of amides is 2. The van der Waals surface area contributed by atoms with Crippen LogP contribution in [0.1, 0.15) is 49.3 Å². The minimum Gasteiger partial charge on any atom is -0.383 e. The van der Waals surface area contributed by atoms with Crippen LogP contribution < -0.4 is 21.7 Å². The molecule has 0 unspecified atom stereocenters. The van der Waals surface area contributed by atoms with E-state index in [1.807, 2.05) is 0 Å². The number of benzene rings is 1. The number of hydrogen-bond donors (Lipinski definition) is 4. The molecule has 0 aliphatic carbocycles. The van der Waals surface area contributed by atoms with Gasteiger partial charge in [-0.05, 0) is 32.2 Å². The highest BCUT2D eigenvalue weighted by Gasteiger charge is 2.33. The number of halogens is 4. The van der Waals surface area contributed by atoms with Gasteiger partial charge >= 0.3 is 6.18 Å². The van der Waals surface area contributed by atoms with Crippen molar-refractivity contribution in [3.05, 3.63) is 62.5 Å². The number of nitrogens with one attached hydrogen (secondary N) is 3. The smallest absolute Gasteiger partial charge is 0.383 e. The summed E-state index contributed by atoms with van der Waals surface area (Å²) in [6.45, 7) is 1.95. The number of anilines is 2. The van der Waals surface area contributed by atoms with Gasteiger partial charge in [-0.2, -0.15) is 13.2 Å². The maximum Gasteiger partial charge on any atom is 0.417 e. The van der Waals surface area contributed by atoms with Crippen LogP contribution in [0.3, 0.4) is 0 Å². The molecule has 5 N–H and O–H groups in total. The van der Waals surface area contributed by atoms with Crippen molar-refractivity contribution in [3.8, 4) is 0 Å². The van der Waals surface area contributed by atoms with Gasteiger partial charge in [0, 0.05) is 17.8 Å². The highest BCUT2D eigenvalue weighted by molar-refractivity contribution is 7.13. The Bertz CT molecular complexity index is 1220. The Hall–Kier alpha value is -3.29. The van der Waals surface area contributed by atoms with E-state index in [1.165, 1.54) is 18.6 Å². The first-order chi connectivity index (χ1) is 16.0. The molecule has 2 heterocycles. The maximum absolute atomic E-state index is 13.0. The van der Waals surface area contributed by atoms with E-state index in [-0.39, 0.29) is 28.6 Å². The van der Waals surface area contributed by atoms with Crippen molar-refractivity contribution < 1.29 is 22.8 Å². The number of nitrogen functional groups attached to an aromatic ring is 1. The third kappa shape index (κ3) is 5.79. The second-order valence-corrected chi connectivity index (χ2v) is 8.49. The number of hydrogen-bond acceptors (Lipinski definition) is 8. The van der Waals surface area contributed by atoms with E-state index in [0.717, 1.165) is 23.5 Å². The molecule has 9 nitrogen and oxygen atoms in total. The molecule has 1 atom stereocenters. The predicted octanol–water partition coefficient (Wildman–Crippen LogP) is 3.65. The molecule has 1 aromatic carbocycles. The van der Waals surface area contributed by atoms with Gasteiger partial charge in [0.2, 0.25) is 0 Å². The van der Waals surface area contributed by atoms with E-state index in [0.29, 0.717) is 10.6 Å². The van der Waals surface area contributed by atoms with Crippen molar-refractivity contribution in [2.75, 3.05) is 18.1 Å². The van der Waals surface area contributed by atoms with Crippen LogP contribution in [0.4, 0.5) is 24.7 Å². The SMILES string of the molecule is CNCc1c(N)ncnc1C(=O)N[C@@H](C)c1ncc(C(=O)Nc2ccc(Cl)c(C(F)(F)F)c2)s1. The van der Waals surface area contributed by atoms with Crippen LogP contribution in [0.25, 0.3) is 0 Å². The largest absolute Gasteiger partial charge is 0.417 e. The minimum atomic E-state index is -4.66. The molecule has 2 aromatic heterocycles. The molecule has 0 saturated carbocycles. The summed E-state index contributed by atoms with van der Waals surface area (Å²) in [4.78, 5) is 37.4. The first kappa shape index (κ1) is 25.3. The molecule has 3 aromatic rings. The van der Waals surface area contributed by atoms with Crippen molar-refractivity contribution >= 4 is 46.3 Å². The number of thiazole rings is 1. The molecule has 0 bridgehead atoms. The van der Waals surface area contributed by atoms with Crippen molar-refractivity contribution in [1.82, 2.24) is 25.6 Å². The van der Waals surface area contributed by atoms with E-state index in [4.69, 9.17) is 17.3 Å². The second-order valence-electron chi connectivity index (χ2n) is 7.02. The molecule has 0 radical (unpaired) electrons. The molecule has 3 rings (SSSR count). The number of nitrogens with two attached hydrogens (primary N) is 1. The zero-order chi connectivity index (χ0) is 25.0. The van der Waals surface area contributed by atoms with Crippen LogP contribution in [0.2, 0.25) is 5.02 Å². The summed E-state index contributed by atoms with van der Waals surface area (Å²) in [5.41, 5.74) is 5.24. The van der Waals surface area contributed by atoms with Gasteiger partial charge in [0.1, 0.15) is 27.7 Å². The van der Waals surface area contributed by atoms with Gasteiger partial charge in [-0.15, -0.1) is 11.3 Å². The third-order valence-corrected chi connectivity index (χ3v) is 6.05. The Morgan fingerprint density at radius 3 is 2.62 bits per heavy atom. The van der Waals surface area contributed by atoms with Gasteiger partial charge in [0.25, 0.3) is 11.8 Å². The molecule has 14 heteroatoms. The van der Waals surface area contributed by atoms with Gasteiger partial charge < -0.3 is 21.7 Å². The Morgan fingerprint density at radius 1 is 1.21 bits per heavy atom. The molecule has 0 fully saturated rings. The summed E-state index contributed by atoms with van der Waals surface area (Å²) >= 11 is 6.58. The molecular weight excluding hydrogens is 495 g/mol. The molecule has 0 spiro atoms. The fourth-order valence-electron chi connectivity index (χ4n) is 2.91. The van der Waals surface area contributed by atoms with Crippen LogP contribution >= 0.6 is 22.9 Å². The predicted molar refractivity (Wildman–Crippen MR) is 122 cm³/mol. The number of rotatable bonds is 7. The van der Waals surface area contributed by atoms with Crippen LogP contribution in [0, 0.1) is 0 Å². The molecule has 2 amide bonds. The van der Waals surface area contributed by atoms with E-state index in [9.17, 15) is 22.8 Å². The van der Waals surface area contributed by atoms with Gasteiger partial charge in [0.05, 0.1) is 22.8 Å². The zero-order valence-electron chi connectivity index (χ0n) is 17.8. The number of alkyl halides is 3. The Morgan fingerprint density at radius 2 is 1.94 bits per heavy atom. The monoisotopic (exact) mass is 513 g/mol. The number of carbonyl (C=O) groups is 2. The number of carbonyl (C=O) groups excluding carboxylic acids is 2. The number of aromatic nitrogens is 3. The first-order valence-electron chi connectivity index (χ1n) is 9.70. The molecule has 0 aliphatic heterocycles. The molecule has 0 saturated heterocycles. The molecule has 34 heavy (non-hydrogen) atoms. The van der Waals surface area contributed by atoms with Crippen molar-refractivity contribution in [2.45, 2.75) is 25.7 Å². The fourth-order valence-corrected chi connectivity index (χ4v) is 3.95. The van der Waals surface area contributed by atoms with Gasteiger partial charge in [-0.1, -0.05) is 11.6 Å². The van der Waals surface area contributed by atoms with E-state index >= 15 is 0 Å². The zero-order valence-corrected chi connectivity index (χ0v) is 19.4. The second kappa shape index (κ2) is 10.3. The lowest BCUT2D eigenvalue weighted by molar-refractivity contribution is -0.137. The van der Waals surface area contributed by atoms with Crippen LogP contribution in [0.15, 0.2) is 30.7 Å². The standard InChI is InChI=1S/C20H19ClF3N7O2S/c1-9(30-18(33)15-11(6-26-2)16(25)29-8-28-15)19-27-7-14(34-19)17(32)31-10-3-4-13(21)12(5-10)20(22,23)24/h3-5,7-9,26H,6H2,1-2H3,(H,30,33)(H,31,32)(H2,25,28,29)/t9-/m0/s1.